The Bertz CT molecular complexity index is 763. The molecule has 1 N–H and O–H groups in total. The maximum atomic E-state index is 13.4. The zero-order chi connectivity index (χ0) is 22.9. The largest absolute Gasteiger partial charge is 0.343 e. The number of hydrogen-bond acceptors (Lipinski definition) is 5. The first-order valence-corrected chi connectivity index (χ1v) is 12.3. The van der Waals surface area contributed by atoms with Crippen LogP contribution in [0.15, 0.2) is 0 Å². The molecule has 0 aliphatic carbocycles. The molecular weight excluding hydrogens is 410 g/mol. The maximum absolute atomic E-state index is 13.4. The van der Waals surface area contributed by atoms with Crippen molar-refractivity contribution in [3.63, 3.8) is 0 Å². The van der Waals surface area contributed by atoms with Crippen molar-refractivity contribution in [1.82, 2.24) is 24.9 Å². The van der Waals surface area contributed by atoms with Crippen LogP contribution >= 0.6 is 0 Å². The molecule has 0 unspecified atom stereocenters. The van der Waals surface area contributed by atoms with Gasteiger partial charge in [-0.05, 0) is 52.0 Å². The fourth-order valence-electron chi connectivity index (χ4n) is 5.73. The monoisotopic (exact) mass is 447 g/mol. The second-order valence-electron chi connectivity index (χ2n) is 9.87. The Hall–Kier alpha value is -2.16. The molecule has 4 fully saturated rings. The summed E-state index contributed by atoms with van der Waals surface area (Å²) >= 11 is 0. The van der Waals surface area contributed by atoms with Crippen LogP contribution in [-0.4, -0.2) is 100 Å². The standard InChI is InChI=1S/C23H37N5O4/c1-3-19(29)25-13-9-23(10-14-25)21(31)28(22(32)24-23)18-8-6-12-27(15-18)20(30)16-26-11-5-4-7-17(26)2/h17-18H,3-16H2,1-2H3,(H,24,32)/t17-,18+/m1/s1. The lowest BCUT2D eigenvalue weighted by atomic mass is 9.87. The Kier molecular flexibility index (Phi) is 6.74. The van der Waals surface area contributed by atoms with E-state index in [2.05, 4.69) is 17.1 Å². The molecule has 4 heterocycles. The summed E-state index contributed by atoms with van der Waals surface area (Å²) in [4.78, 5) is 58.5. The van der Waals surface area contributed by atoms with E-state index in [4.69, 9.17) is 0 Å². The third kappa shape index (κ3) is 4.36. The number of hydrogen-bond donors (Lipinski definition) is 1. The summed E-state index contributed by atoms with van der Waals surface area (Å²) in [5.74, 6) is -0.00964. The van der Waals surface area contributed by atoms with Gasteiger partial charge in [0.1, 0.15) is 5.54 Å². The number of urea groups is 1. The van der Waals surface area contributed by atoms with Crippen LogP contribution in [-0.2, 0) is 14.4 Å². The van der Waals surface area contributed by atoms with Crippen LogP contribution < -0.4 is 5.32 Å². The number of likely N-dealkylation sites (tertiary alicyclic amines) is 3. The first-order valence-electron chi connectivity index (χ1n) is 12.3. The molecular formula is C23H37N5O4. The van der Waals surface area contributed by atoms with Gasteiger partial charge < -0.3 is 15.1 Å². The second kappa shape index (κ2) is 9.37. The van der Waals surface area contributed by atoms with Gasteiger partial charge in [0, 0.05) is 38.6 Å². The van der Waals surface area contributed by atoms with Gasteiger partial charge in [0.05, 0.1) is 12.6 Å². The fraction of sp³-hybridized carbons (Fsp3) is 0.826. The minimum Gasteiger partial charge on any atom is -0.343 e. The van der Waals surface area contributed by atoms with Crippen molar-refractivity contribution in [2.45, 2.75) is 82.8 Å². The summed E-state index contributed by atoms with van der Waals surface area (Å²) in [6.07, 6.45) is 6.32. The van der Waals surface area contributed by atoms with E-state index in [-0.39, 0.29) is 29.8 Å². The first kappa shape index (κ1) is 23.0. The summed E-state index contributed by atoms with van der Waals surface area (Å²) in [5.41, 5.74) is -0.906. The van der Waals surface area contributed by atoms with Crippen LogP contribution in [0.5, 0.6) is 0 Å². The van der Waals surface area contributed by atoms with Gasteiger partial charge in [-0.1, -0.05) is 13.3 Å². The molecule has 4 rings (SSSR count). The van der Waals surface area contributed by atoms with Crippen molar-refractivity contribution in [3.8, 4) is 0 Å². The Morgan fingerprint density at radius 3 is 2.41 bits per heavy atom. The van der Waals surface area contributed by atoms with Gasteiger partial charge in [-0.2, -0.15) is 0 Å². The molecule has 32 heavy (non-hydrogen) atoms. The number of carbonyl (C=O) groups is 4. The zero-order valence-electron chi connectivity index (χ0n) is 19.5. The molecule has 0 radical (unpaired) electrons. The summed E-state index contributed by atoms with van der Waals surface area (Å²) < 4.78 is 0. The topological polar surface area (TPSA) is 93.3 Å². The molecule has 0 saturated carbocycles. The van der Waals surface area contributed by atoms with E-state index >= 15 is 0 Å². The number of imide groups is 1. The van der Waals surface area contributed by atoms with Crippen molar-refractivity contribution in [3.05, 3.63) is 0 Å². The molecule has 0 aromatic rings. The molecule has 5 amide bonds. The molecule has 9 nitrogen and oxygen atoms in total. The summed E-state index contributed by atoms with van der Waals surface area (Å²) in [6, 6.07) is -0.215. The normalized spacial score (nSPS) is 28.9. The number of piperidine rings is 3. The molecule has 2 atom stereocenters. The Balaban J connectivity index is 1.38. The molecule has 178 valence electrons. The van der Waals surface area contributed by atoms with Crippen LogP contribution in [0.2, 0.25) is 0 Å². The smallest absolute Gasteiger partial charge is 0.325 e. The second-order valence-corrected chi connectivity index (χ2v) is 9.87. The van der Waals surface area contributed by atoms with Crippen molar-refractivity contribution in [2.75, 3.05) is 39.3 Å². The maximum Gasteiger partial charge on any atom is 0.325 e. The highest BCUT2D eigenvalue weighted by Gasteiger charge is 2.54. The fourth-order valence-corrected chi connectivity index (χ4v) is 5.73. The molecule has 4 aliphatic heterocycles. The van der Waals surface area contributed by atoms with Gasteiger partial charge in [0.15, 0.2) is 0 Å². The lowest BCUT2D eigenvalue weighted by Crippen LogP contribution is -2.57. The van der Waals surface area contributed by atoms with Gasteiger partial charge in [0.25, 0.3) is 5.91 Å². The highest BCUT2D eigenvalue weighted by molar-refractivity contribution is 6.07. The molecule has 4 saturated heterocycles. The number of carbonyl (C=O) groups excluding carboxylic acids is 4. The van der Waals surface area contributed by atoms with Crippen LogP contribution in [0.3, 0.4) is 0 Å². The predicted octanol–water partition coefficient (Wildman–Crippen LogP) is 1.17. The SMILES string of the molecule is CCC(=O)N1CCC2(CC1)NC(=O)N([C@H]1CCCN(C(=O)CN3CCCC[C@H]3C)C1)C2=O. The quantitative estimate of drug-likeness (QED) is 0.653. The van der Waals surface area contributed by atoms with Crippen molar-refractivity contribution in [2.24, 2.45) is 0 Å². The highest BCUT2D eigenvalue weighted by Crippen LogP contribution is 2.32. The van der Waals surface area contributed by atoms with E-state index in [0.717, 1.165) is 32.2 Å². The van der Waals surface area contributed by atoms with Gasteiger partial charge in [-0.15, -0.1) is 0 Å². The van der Waals surface area contributed by atoms with Gasteiger partial charge in [-0.3, -0.25) is 24.2 Å². The summed E-state index contributed by atoms with van der Waals surface area (Å²) in [6.45, 7) is 7.44. The molecule has 9 heteroatoms. The van der Waals surface area contributed by atoms with Gasteiger partial charge in [0.2, 0.25) is 11.8 Å². The van der Waals surface area contributed by atoms with Crippen molar-refractivity contribution >= 4 is 23.8 Å². The average molecular weight is 448 g/mol. The first-order chi connectivity index (χ1) is 15.3. The number of nitrogens with one attached hydrogen (secondary N) is 1. The third-order valence-corrected chi connectivity index (χ3v) is 7.86. The third-order valence-electron chi connectivity index (χ3n) is 7.86. The predicted molar refractivity (Wildman–Crippen MR) is 119 cm³/mol. The Morgan fingerprint density at radius 1 is 0.969 bits per heavy atom. The van der Waals surface area contributed by atoms with Crippen molar-refractivity contribution in [1.29, 1.82) is 0 Å². The summed E-state index contributed by atoms with van der Waals surface area (Å²) in [7, 11) is 0. The lowest BCUT2D eigenvalue weighted by Gasteiger charge is -2.40. The van der Waals surface area contributed by atoms with Crippen LogP contribution in [0.25, 0.3) is 0 Å². The van der Waals surface area contributed by atoms with E-state index < -0.39 is 5.54 Å². The van der Waals surface area contributed by atoms with Crippen LogP contribution in [0.1, 0.15) is 65.2 Å². The van der Waals surface area contributed by atoms with Gasteiger partial charge >= 0.3 is 6.03 Å². The van der Waals surface area contributed by atoms with E-state index in [1.54, 1.807) is 4.90 Å². The molecule has 1 spiro atoms. The van der Waals surface area contributed by atoms with Crippen LogP contribution in [0.4, 0.5) is 4.79 Å². The van der Waals surface area contributed by atoms with E-state index in [1.165, 1.54) is 11.3 Å². The Labute approximate surface area is 190 Å². The molecule has 0 aromatic carbocycles. The minimum atomic E-state index is -0.906. The highest BCUT2D eigenvalue weighted by atomic mass is 16.2. The number of rotatable bonds is 4. The molecule has 4 aliphatic rings. The number of amides is 5. The number of nitrogens with zero attached hydrogens (tertiary/aromatic N) is 4. The molecule has 0 aromatic heterocycles. The Morgan fingerprint density at radius 2 is 1.72 bits per heavy atom. The van der Waals surface area contributed by atoms with Crippen molar-refractivity contribution < 1.29 is 19.2 Å². The average Bonchev–Trinajstić information content (AvgIpc) is 3.04. The van der Waals surface area contributed by atoms with Gasteiger partial charge in [-0.25, -0.2) is 4.79 Å². The van der Waals surface area contributed by atoms with Crippen LogP contribution in [0, 0.1) is 0 Å². The minimum absolute atomic E-state index is 0.0814. The zero-order valence-corrected chi connectivity index (χ0v) is 19.5. The van der Waals surface area contributed by atoms with E-state index in [1.807, 2.05) is 11.8 Å². The van der Waals surface area contributed by atoms with E-state index in [0.29, 0.717) is 58.0 Å². The molecule has 0 bridgehead atoms. The summed E-state index contributed by atoms with van der Waals surface area (Å²) in [5, 5.41) is 2.95. The van der Waals surface area contributed by atoms with E-state index in [9.17, 15) is 19.2 Å². The lowest BCUT2D eigenvalue weighted by molar-refractivity contribution is -0.141.